The van der Waals surface area contributed by atoms with Gasteiger partial charge in [-0.25, -0.2) is 9.97 Å². The molecule has 0 spiro atoms. The van der Waals surface area contributed by atoms with Crippen molar-refractivity contribution in [3.05, 3.63) is 11.9 Å². The van der Waals surface area contributed by atoms with Gasteiger partial charge in [0, 0.05) is 6.07 Å². The van der Waals surface area contributed by atoms with Gasteiger partial charge in [0.2, 0.25) is 0 Å². The van der Waals surface area contributed by atoms with Gasteiger partial charge in [-0.05, 0) is 19.8 Å². The summed E-state index contributed by atoms with van der Waals surface area (Å²) in [5, 5.41) is 12.9. The summed E-state index contributed by atoms with van der Waals surface area (Å²) in [6, 6.07) is 1.72. The highest BCUT2D eigenvalue weighted by molar-refractivity contribution is 5.46. The van der Waals surface area contributed by atoms with Gasteiger partial charge in [0.15, 0.2) is 0 Å². The zero-order valence-corrected chi connectivity index (χ0v) is 10.2. The van der Waals surface area contributed by atoms with E-state index in [-0.39, 0.29) is 12.1 Å². The maximum absolute atomic E-state index is 9.60. The van der Waals surface area contributed by atoms with Crippen molar-refractivity contribution < 1.29 is 5.11 Å². The lowest BCUT2D eigenvalue weighted by Gasteiger charge is -2.37. The molecule has 1 aliphatic carbocycles. The van der Waals surface area contributed by atoms with E-state index >= 15 is 0 Å². The molecule has 0 aliphatic heterocycles. The number of rotatable bonds is 3. The fraction of sp³-hybridized carbons (Fsp3) is 0.667. The van der Waals surface area contributed by atoms with Crippen LogP contribution in [-0.2, 0) is 0 Å². The zero-order valence-electron chi connectivity index (χ0n) is 10.2. The van der Waals surface area contributed by atoms with E-state index in [4.69, 9.17) is 5.73 Å². The van der Waals surface area contributed by atoms with Gasteiger partial charge in [-0.1, -0.05) is 19.3 Å². The standard InChI is InChI=1S/C12H20N4O/c1-9-14-10(13)7-11(15-9)16-12(8-17)5-3-2-4-6-12/h7,17H,2-6,8H2,1H3,(H3,13,14,15,16). The van der Waals surface area contributed by atoms with Crippen molar-refractivity contribution >= 4 is 11.6 Å². The van der Waals surface area contributed by atoms with Crippen LogP contribution in [0.4, 0.5) is 11.6 Å². The number of hydrogen-bond donors (Lipinski definition) is 3. The van der Waals surface area contributed by atoms with Gasteiger partial charge in [-0.2, -0.15) is 0 Å². The summed E-state index contributed by atoms with van der Waals surface area (Å²) in [6.07, 6.45) is 5.49. The predicted molar refractivity (Wildman–Crippen MR) is 67.7 cm³/mol. The van der Waals surface area contributed by atoms with Gasteiger partial charge < -0.3 is 16.2 Å². The third kappa shape index (κ3) is 2.85. The largest absolute Gasteiger partial charge is 0.394 e. The third-order valence-electron chi connectivity index (χ3n) is 3.36. The molecule has 2 rings (SSSR count). The number of hydrogen-bond acceptors (Lipinski definition) is 5. The molecule has 1 saturated carbocycles. The van der Waals surface area contributed by atoms with Crippen LogP contribution in [-0.4, -0.2) is 27.2 Å². The third-order valence-corrected chi connectivity index (χ3v) is 3.36. The Labute approximate surface area is 101 Å². The van der Waals surface area contributed by atoms with Crippen molar-refractivity contribution in [3.8, 4) is 0 Å². The van der Waals surface area contributed by atoms with Crippen LogP contribution in [0.5, 0.6) is 0 Å². The SMILES string of the molecule is Cc1nc(N)cc(NC2(CO)CCCCC2)n1. The predicted octanol–water partition coefficient (Wildman–Crippen LogP) is 1.47. The minimum Gasteiger partial charge on any atom is -0.394 e. The lowest BCUT2D eigenvalue weighted by atomic mass is 9.82. The topological polar surface area (TPSA) is 84.1 Å². The molecule has 1 heterocycles. The average Bonchev–Trinajstić information content (AvgIpc) is 2.29. The fourth-order valence-corrected chi connectivity index (χ4v) is 2.48. The second-order valence-electron chi connectivity index (χ2n) is 4.85. The van der Waals surface area contributed by atoms with Crippen molar-refractivity contribution in [3.63, 3.8) is 0 Å². The lowest BCUT2D eigenvalue weighted by molar-refractivity contribution is 0.172. The molecule has 94 valence electrons. The number of anilines is 2. The molecule has 0 radical (unpaired) electrons. The zero-order chi connectivity index (χ0) is 12.3. The van der Waals surface area contributed by atoms with E-state index in [0.29, 0.717) is 17.5 Å². The first-order valence-corrected chi connectivity index (χ1v) is 6.14. The minimum atomic E-state index is -0.231. The van der Waals surface area contributed by atoms with Crippen LogP contribution in [0.3, 0.4) is 0 Å². The Morgan fingerprint density at radius 3 is 2.65 bits per heavy atom. The molecule has 0 saturated heterocycles. The molecule has 17 heavy (non-hydrogen) atoms. The molecular weight excluding hydrogens is 216 g/mol. The van der Waals surface area contributed by atoms with E-state index in [1.807, 2.05) is 6.92 Å². The van der Waals surface area contributed by atoms with E-state index in [1.54, 1.807) is 6.07 Å². The Hall–Kier alpha value is -1.36. The highest BCUT2D eigenvalue weighted by atomic mass is 16.3. The van der Waals surface area contributed by atoms with E-state index < -0.39 is 0 Å². The normalized spacial score (nSPS) is 18.9. The van der Waals surface area contributed by atoms with Crippen LogP contribution in [0.1, 0.15) is 37.9 Å². The summed E-state index contributed by atoms with van der Waals surface area (Å²) in [4.78, 5) is 8.35. The molecule has 4 N–H and O–H groups in total. The van der Waals surface area contributed by atoms with Gasteiger partial charge in [0.1, 0.15) is 17.5 Å². The van der Waals surface area contributed by atoms with Gasteiger partial charge in [0.05, 0.1) is 12.1 Å². The quantitative estimate of drug-likeness (QED) is 0.740. The average molecular weight is 236 g/mol. The van der Waals surface area contributed by atoms with E-state index in [0.717, 1.165) is 25.7 Å². The highest BCUT2D eigenvalue weighted by Gasteiger charge is 2.31. The molecule has 0 amide bonds. The molecular formula is C12H20N4O. The van der Waals surface area contributed by atoms with Crippen LogP contribution < -0.4 is 11.1 Å². The summed E-state index contributed by atoms with van der Waals surface area (Å²) in [5.41, 5.74) is 5.46. The monoisotopic (exact) mass is 236 g/mol. The first-order valence-electron chi connectivity index (χ1n) is 6.14. The fourth-order valence-electron chi connectivity index (χ4n) is 2.48. The van der Waals surface area contributed by atoms with Gasteiger partial charge in [-0.15, -0.1) is 0 Å². The Bertz CT molecular complexity index is 368. The molecule has 1 aromatic heterocycles. The van der Waals surface area contributed by atoms with Gasteiger partial charge in [-0.3, -0.25) is 0 Å². The van der Waals surface area contributed by atoms with Crippen LogP contribution in [0.2, 0.25) is 0 Å². The number of nitrogens with zero attached hydrogens (tertiary/aromatic N) is 2. The second-order valence-corrected chi connectivity index (χ2v) is 4.85. The minimum absolute atomic E-state index is 0.135. The van der Waals surface area contributed by atoms with Gasteiger partial charge >= 0.3 is 0 Å². The number of nitrogen functional groups attached to an aromatic ring is 1. The summed E-state index contributed by atoms with van der Waals surface area (Å²) in [7, 11) is 0. The summed E-state index contributed by atoms with van der Waals surface area (Å²) >= 11 is 0. The van der Waals surface area contributed by atoms with E-state index in [9.17, 15) is 5.11 Å². The number of aromatic nitrogens is 2. The Balaban J connectivity index is 2.17. The summed E-state index contributed by atoms with van der Waals surface area (Å²) in [5.74, 6) is 1.83. The summed E-state index contributed by atoms with van der Waals surface area (Å²) in [6.45, 7) is 1.95. The Kier molecular flexibility index (Phi) is 3.47. The van der Waals surface area contributed by atoms with Crippen molar-refractivity contribution in [1.82, 2.24) is 9.97 Å². The lowest BCUT2D eigenvalue weighted by Crippen LogP contribution is -2.44. The molecule has 0 unspecified atom stereocenters. The highest BCUT2D eigenvalue weighted by Crippen LogP contribution is 2.31. The van der Waals surface area contributed by atoms with Crippen molar-refractivity contribution in [2.45, 2.75) is 44.6 Å². The number of aliphatic hydroxyl groups is 1. The van der Waals surface area contributed by atoms with Crippen LogP contribution >= 0.6 is 0 Å². The van der Waals surface area contributed by atoms with Crippen LogP contribution in [0.15, 0.2) is 6.07 Å². The van der Waals surface area contributed by atoms with E-state index in [2.05, 4.69) is 15.3 Å². The molecule has 0 aromatic carbocycles. The van der Waals surface area contributed by atoms with E-state index in [1.165, 1.54) is 6.42 Å². The summed E-state index contributed by atoms with van der Waals surface area (Å²) < 4.78 is 0. The van der Waals surface area contributed by atoms with Crippen LogP contribution in [0.25, 0.3) is 0 Å². The molecule has 5 heteroatoms. The number of nitrogens with two attached hydrogens (primary N) is 1. The van der Waals surface area contributed by atoms with Crippen molar-refractivity contribution in [2.75, 3.05) is 17.7 Å². The Morgan fingerprint density at radius 2 is 2.06 bits per heavy atom. The maximum atomic E-state index is 9.60. The van der Waals surface area contributed by atoms with Crippen LogP contribution in [0, 0.1) is 6.92 Å². The number of aliphatic hydroxyl groups excluding tert-OH is 1. The van der Waals surface area contributed by atoms with Gasteiger partial charge in [0.25, 0.3) is 0 Å². The molecule has 5 nitrogen and oxygen atoms in total. The first-order chi connectivity index (χ1) is 8.13. The van der Waals surface area contributed by atoms with Crippen molar-refractivity contribution in [1.29, 1.82) is 0 Å². The molecule has 1 fully saturated rings. The molecule has 0 bridgehead atoms. The molecule has 0 atom stereocenters. The smallest absolute Gasteiger partial charge is 0.132 e. The first kappa shape index (κ1) is 12.1. The number of aryl methyl sites for hydroxylation is 1. The second kappa shape index (κ2) is 4.87. The molecule has 1 aromatic rings. The Morgan fingerprint density at radius 1 is 1.35 bits per heavy atom. The maximum Gasteiger partial charge on any atom is 0.132 e. The number of nitrogens with one attached hydrogen (secondary N) is 1. The van der Waals surface area contributed by atoms with Crippen molar-refractivity contribution in [2.24, 2.45) is 0 Å². The molecule has 1 aliphatic rings.